The number of methoxy groups -OCH3 is 2. The Hall–Kier alpha value is -0.540. The van der Waals surface area contributed by atoms with E-state index < -0.39 is 10.0 Å². The lowest BCUT2D eigenvalue weighted by Crippen LogP contribution is -2.51. The van der Waals surface area contributed by atoms with Gasteiger partial charge in [0.2, 0.25) is 10.0 Å². The lowest BCUT2D eigenvalue weighted by Gasteiger charge is -2.31. The molecule has 1 aromatic carbocycles. The highest BCUT2D eigenvalue weighted by Crippen LogP contribution is 2.36. The number of benzene rings is 1. The first kappa shape index (κ1) is 19.5. The summed E-state index contributed by atoms with van der Waals surface area (Å²) in [6.45, 7) is 3.48. The van der Waals surface area contributed by atoms with Crippen LogP contribution in [-0.4, -0.2) is 52.6 Å². The van der Waals surface area contributed by atoms with E-state index in [9.17, 15) is 8.42 Å². The molecule has 1 aromatic rings. The van der Waals surface area contributed by atoms with Crippen LogP contribution in [0.3, 0.4) is 0 Å². The molecule has 0 saturated carbocycles. The summed E-state index contributed by atoms with van der Waals surface area (Å²) < 4.78 is 38.1. The minimum Gasteiger partial charge on any atom is -0.495 e. The van der Waals surface area contributed by atoms with Crippen molar-refractivity contribution in [2.75, 3.05) is 33.9 Å². The molecule has 0 bridgehead atoms. The molecule has 126 valence electrons. The molecule has 1 atom stereocenters. The van der Waals surface area contributed by atoms with Crippen LogP contribution in [0.25, 0.3) is 0 Å². The Labute approximate surface area is 145 Å². The highest BCUT2D eigenvalue weighted by Gasteiger charge is 2.31. The zero-order chi connectivity index (χ0) is 15.6. The molecule has 22 heavy (non-hydrogen) atoms. The van der Waals surface area contributed by atoms with Gasteiger partial charge in [-0.25, -0.2) is 8.42 Å². The molecule has 0 amide bonds. The highest BCUT2D eigenvalue weighted by molar-refractivity contribution is 9.10. The maximum Gasteiger partial charge on any atom is 0.246 e. The van der Waals surface area contributed by atoms with E-state index in [1.807, 2.05) is 6.92 Å². The Morgan fingerprint density at radius 3 is 2.45 bits per heavy atom. The van der Waals surface area contributed by atoms with E-state index in [1.54, 1.807) is 6.07 Å². The van der Waals surface area contributed by atoms with Crippen LogP contribution in [0.5, 0.6) is 11.5 Å². The van der Waals surface area contributed by atoms with Crippen LogP contribution in [0.4, 0.5) is 0 Å². The van der Waals surface area contributed by atoms with Crippen LogP contribution in [0.2, 0.25) is 0 Å². The van der Waals surface area contributed by atoms with Gasteiger partial charge >= 0.3 is 0 Å². The normalized spacial score (nSPS) is 19.4. The summed E-state index contributed by atoms with van der Waals surface area (Å²) in [6, 6.07) is 3.23. The predicted octanol–water partition coefficient (Wildman–Crippen LogP) is 1.87. The molecule has 9 heteroatoms. The zero-order valence-corrected chi connectivity index (χ0v) is 15.8. The fourth-order valence-corrected chi connectivity index (χ4v) is 4.64. The quantitative estimate of drug-likeness (QED) is 0.813. The van der Waals surface area contributed by atoms with Crippen LogP contribution in [-0.2, 0) is 10.0 Å². The molecule has 0 spiro atoms. The van der Waals surface area contributed by atoms with Gasteiger partial charge < -0.3 is 14.8 Å². The van der Waals surface area contributed by atoms with Gasteiger partial charge in [-0.15, -0.1) is 12.4 Å². The number of hydrogen-bond donors (Lipinski definition) is 1. The maximum atomic E-state index is 12.8. The van der Waals surface area contributed by atoms with Crippen molar-refractivity contribution >= 4 is 38.4 Å². The minimum absolute atomic E-state index is 0. The standard InChI is InChI=1S/C13H19BrN2O4S.ClH/c1-9-8-16(5-4-15-9)21(17,18)13-6-10(14)11(19-2)7-12(13)20-3;/h6-7,9,15H,4-5,8H2,1-3H3;1H. The van der Waals surface area contributed by atoms with Crippen molar-refractivity contribution in [2.45, 2.75) is 17.9 Å². The molecule has 0 radical (unpaired) electrons. The van der Waals surface area contributed by atoms with Crippen molar-refractivity contribution in [1.82, 2.24) is 9.62 Å². The number of piperazine rings is 1. The van der Waals surface area contributed by atoms with E-state index in [0.717, 1.165) is 0 Å². The van der Waals surface area contributed by atoms with Crippen LogP contribution in [0, 0.1) is 0 Å². The summed E-state index contributed by atoms with van der Waals surface area (Å²) in [4.78, 5) is 0.145. The third-order valence-electron chi connectivity index (χ3n) is 3.39. The second kappa shape index (κ2) is 7.83. The van der Waals surface area contributed by atoms with Gasteiger partial charge in [0.1, 0.15) is 16.4 Å². The number of ether oxygens (including phenoxy) is 2. The molecule has 1 aliphatic heterocycles. The lowest BCUT2D eigenvalue weighted by atomic mass is 10.3. The smallest absolute Gasteiger partial charge is 0.246 e. The number of hydrogen-bond acceptors (Lipinski definition) is 5. The van der Waals surface area contributed by atoms with Crippen LogP contribution in [0.1, 0.15) is 6.92 Å². The highest BCUT2D eigenvalue weighted by atomic mass is 79.9. The van der Waals surface area contributed by atoms with E-state index in [2.05, 4.69) is 21.2 Å². The van der Waals surface area contributed by atoms with Gasteiger partial charge in [0, 0.05) is 31.7 Å². The molecule has 1 aliphatic rings. The largest absolute Gasteiger partial charge is 0.495 e. The Kier molecular flexibility index (Phi) is 6.94. The van der Waals surface area contributed by atoms with Gasteiger partial charge in [-0.2, -0.15) is 4.31 Å². The van der Waals surface area contributed by atoms with Gasteiger partial charge in [0.05, 0.1) is 18.7 Å². The van der Waals surface area contributed by atoms with Crippen molar-refractivity contribution in [3.63, 3.8) is 0 Å². The van der Waals surface area contributed by atoms with Crippen molar-refractivity contribution in [2.24, 2.45) is 0 Å². The van der Waals surface area contributed by atoms with Gasteiger partial charge in [-0.3, -0.25) is 0 Å². The Morgan fingerprint density at radius 2 is 1.91 bits per heavy atom. The van der Waals surface area contributed by atoms with Gasteiger partial charge in [-0.05, 0) is 28.9 Å². The molecular formula is C13H20BrClN2O4S. The van der Waals surface area contributed by atoms with Crippen molar-refractivity contribution in [3.8, 4) is 11.5 Å². The molecule has 0 aromatic heterocycles. The van der Waals surface area contributed by atoms with E-state index in [-0.39, 0.29) is 29.1 Å². The predicted molar refractivity (Wildman–Crippen MR) is 90.7 cm³/mol. The van der Waals surface area contributed by atoms with Crippen LogP contribution in [0.15, 0.2) is 21.5 Å². The molecule has 1 fully saturated rings. The van der Waals surface area contributed by atoms with Gasteiger partial charge in [0.15, 0.2) is 0 Å². The summed E-state index contributed by atoms with van der Waals surface area (Å²) >= 11 is 3.32. The molecule has 1 heterocycles. The molecule has 1 unspecified atom stereocenters. The Morgan fingerprint density at radius 1 is 1.27 bits per heavy atom. The molecule has 6 nitrogen and oxygen atoms in total. The Bertz CT molecular complexity index is 627. The summed E-state index contributed by atoms with van der Waals surface area (Å²) in [7, 11) is -0.636. The number of sulfonamides is 1. The minimum atomic E-state index is -3.60. The monoisotopic (exact) mass is 414 g/mol. The first-order chi connectivity index (χ1) is 9.90. The molecular weight excluding hydrogens is 396 g/mol. The van der Waals surface area contributed by atoms with Crippen molar-refractivity contribution < 1.29 is 17.9 Å². The van der Waals surface area contributed by atoms with E-state index >= 15 is 0 Å². The fraction of sp³-hybridized carbons (Fsp3) is 0.538. The second-order valence-electron chi connectivity index (χ2n) is 4.86. The maximum absolute atomic E-state index is 12.8. The number of nitrogens with zero attached hydrogens (tertiary/aromatic N) is 1. The average Bonchev–Trinajstić information content (AvgIpc) is 2.47. The SMILES string of the molecule is COc1cc(OC)c(S(=O)(=O)N2CCNC(C)C2)cc1Br.Cl. The van der Waals surface area contributed by atoms with E-state index in [1.165, 1.54) is 24.6 Å². The first-order valence-electron chi connectivity index (χ1n) is 6.55. The van der Waals surface area contributed by atoms with Gasteiger partial charge in [-0.1, -0.05) is 0 Å². The first-order valence-corrected chi connectivity index (χ1v) is 8.78. The number of halogens is 2. The summed E-state index contributed by atoms with van der Waals surface area (Å²) in [6.07, 6.45) is 0. The topological polar surface area (TPSA) is 67.9 Å². The molecule has 1 N–H and O–H groups in total. The lowest BCUT2D eigenvalue weighted by molar-refractivity contribution is 0.308. The zero-order valence-electron chi connectivity index (χ0n) is 12.6. The third kappa shape index (κ3) is 3.86. The fourth-order valence-electron chi connectivity index (χ4n) is 2.29. The number of nitrogens with one attached hydrogen (secondary N) is 1. The molecule has 0 aliphatic carbocycles. The van der Waals surface area contributed by atoms with E-state index in [0.29, 0.717) is 29.9 Å². The van der Waals surface area contributed by atoms with Crippen LogP contribution < -0.4 is 14.8 Å². The van der Waals surface area contributed by atoms with E-state index in [4.69, 9.17) is 9.47 Å². The molecule has 1 saturated heterocycles. The van der Waals surface area contributed by atoms with Gasteiger partial charge in [0.25, 0.3) is 0 Å². The van der Waals surface area contributed by atoms with Crippen molar-refractivity contribution in [3.05, 3.63) is 16.6 Å². The second-order valence-corrected chi connectivity index (χ2v) is 7.62. The Balaban J connectivity index is 0.00000242. The summed E-state index contributed by atoms with van der Waals surface area (Å²) in [5, 5.41) is 3.23. The summed E-state index contributed by atoms with van der Waals surface area (Å²) in [5.74, 6) is 0.806. The molecule has 2 rings (SSSR count). The average molecular weight is 416 g/mol. The third-order valence-corrected chi connectivity index (χ3v) is 5.89. The number of rotatable bonds is 4. The van der Waals surface area contributed by atoms with Crippen molar-refractivity contribution in [1.29, 1.82) is 0 Å². The summed E-state index contributed by atoms with van der Waals surface area (Å²) in [5.41, 5.74) is 0. The van der Waals surface area contributed by atoms with Crippen LogP contribution >= 0.6 is 28.3 Å².